The van der Waals surface area contributed by atoms with Crippen molar-refractivity contribution in [2.75, 3.05) is 13.6 Å². The molecule has 2 atom stereocenters. The highest BCUT2D eigenvalue weighted by atomic mass is 16.1. The average molecular weight is 419 g/mol. The number of nitrogens with two attached hydrogens (primary N) is 2. The summed E-state index contributed by atoms with van der Waals surface area (Å²) in [5, 5.41) is 17.7. The summed E-state index contributed by atoms with van der Waals surface area (Å²) in [6.45, 7) is 1.87. The summed E-state index contributed by atoms with van der Waals surface area (Å²) in [7, 11) is 1.60. The summed E-state index contributed by atoms with van der Waals surface area (Å²) in [4.78, 5) is 24.5. The van der Waals surface area contributed by atoms with Gasteiger partial charge in [0.25, 0.3) is 5.91 Å². The first-order chi connectivity index (χ1) is 14.9. The van der Waals surface area contributed by atoms with E-state index in [0.717, 1.165) is 22.3 Å². The maximum absolute atomic E-state index is 12.3. The van der Waals surface area contributed by atoms with E-state index in [1.807, 2.05) is 31.2 Å². The Balaban J connectivity index is 2.02. The molecular formula is C22H25N7O2. The van der Waals surface area contributed by atoms with Crippen molar-refractivity contribution < 1.29 is 9.59 Å². The molecule has 0 saturated carbocycles. The summed E-state index contributed by atoms with van der Waals surface area (Å²) < 4.78 is 0. The molecule has 0 aliphatic heterocycles. The maximum atomic E-state index is 12.3. The molecule has 4 rings (SSSR count). The first-order valence-corrected chi connectivity index (χ1v) is 10.1. The fraction of sp³-hybridized carbons (Fsp3) is 0.318. The molecule has 1 amide bonds. The molecule has 9 heteroatoms. The minimum Gasteiger partial charge on any atom is -0.355 e. The largest absolute Gasteiger partial charge is 0.355 e. The van der Waals surface area contributed by atoms with Crippen molar-refractivity contribution in [1.29, 1.82) is 0 Å². The molecule has 2 aromatic carbocycles. The molecule has 31 heavy (non-hydrogen) atoms. The first kappa shape index (κ1) is 20.8. The molecule has 1 aliphatic carbocycles. The molecule has 1 aromatic heterocycles. The standard InChI is InChI=1S/C22H25N7O2/c1-12(24)10-22(21-26-28-29-27-21)17-5-3-13(19(30)11-23)7-15(17)9-16-8-14(20(31)25-2)4-6-18(16)22/h3-8,12H,9-11,23-24H2,1-2H3,(H,25,31)(H,26,27,28,29)/t12-,22?/m1/s1. The number of ketones is 1. The molecule has 0 radical (unpaired) electrons. The van der Waals surface area contributed by atoms with Crippen LogP contribution in [0.2, 0.25) is 0 Å². The van der Waals surface area contributed by atoms with E-state index in [9.17, 15) is 9.59 Å². The van der Waals surface area contributed by atoms with Crippen LogP contribution < -0.4 is 16.8 Å². The molecule has 1 unspecified atom stereocenters. The number of hydrogen-bond acceptors (Lipinski definition) is 7. The number of aromatic nitrogens is 4. The lowest BCUT2D eigenvalue weighted by molar-refractivity contribution is 0.0961. The Kier molecular flexibility index (Phi) is 5.38. The fourth-order valence-corrected chi connectivity index (χ4v) is 4.62. The van der Waals surface area contributed by atoms with Gasteiger partial charge in [0.2, 0.25) is 0 Å². The third-order valence-corrected chi connectivity index (χ3v) is 5.86. The number of aromatic amines is 1. The molecular weight excluding hydrogens is 394 g/mol. The summed E-state index contributed by atoms with van der Waals surface area (Å²) in [6, 6.07) is 11.0. The van der Waals surface area contributed by atoms with Crippen molar-refractivity contribution in [2.45, 2.75) is 31.2 Å². The Morgan fingerprint density at radius 1 is 1.16 bits per heavy atom. The number of hydrogen-bond donors (Lipinski definition) is 4. The predicted molar refractivity (Wildman–Crippen MR) is 115 cm³/mol. The molecule has 0 fully saturated rings. The summed E-state index contributed by atoms with van der Waals surface area (Å²) >= 11 is 0. The van der Waals surface area contributed by atoms with Crippen LogP contribution in [0.15, 0.2) is 36.4 Å². The fourth-order valence-electron chi connectivity index (χ4n) is 4.62. The van der Waals surface area contributed by atoms with Gasteiger partial charge >= 0.3 is 0 Å². The van der Waals surface area contributed by atoms with Crippen molar-refractivity contribution >= 4 is 11.7 Å². The minimum atomic E-state index is -0.768. The monoisotopic (exact) mass is 419 g/mol. The third kappa shape index (κ3) is 3.41. The Morgan fingerprint density at radius 3 is 2.35 bits per heavy atom. The van der Waals surface area contributed by atoms with E-state index in [2.05, 4.69) is 25.9 Å². The normalized spacial score (nSPS) is 18.1. The molecule has 9 nitrogen and oxygen atoms in total. The minimum absolute atomic E-state index is 0.0635. The Morgan fingerprint density at radius 2 is 1.81 bits per heavy atom. The van der Waals surface area contributed by atoms with Gasteiger partial charge in [-0.05, 0) is 60.2 Å². The summed E-state index contributed by atoms with van der Waals surface area (Å²) in [5.41, 5.74) is 16.1. The van der Waals surface area contributed by atoms with Crippen LogP contribution in [0.25, 0.3) is 0 Å². The molecule has 6 N–H and O–H groups in total. The highest BCUT2D eigenvalue weighted by Crippen LogP contribution is 2.48. The zero-order valence-corrected chi connectivity index (χ0v) is 17.5. The second kappa shape index (κ2) is 8.01. The Bertz CT molecular complexity index is 1070. The number of carbonyl (C=O) groups excluding carboxylic acids is 2. The molecule has 0 spiro atoms. The van der Waals surface area contributed by atoms with Gasteiger partial charge in [0.15, 0.2) is 11.6 Å². The van der Waals surface area contributed by atoms with Gasteiger partial charge in [-0.15, -0.1) is 10.2 Å². The SMILES string of the molecule is CNC(=O)c1ccc2c(c1)Cc1cc(C(=O)CN)ccc1C2(C[C@@H](C)N)c1nn[nH]n1. The van der Waals surface area contributed by atoms with Gasteiger partial charge in [-0.2, -0.15) is 5.21 Å². The number of benzene rings is 2. The van der Waals surface area contributed by atoms with Gasteiger partial charge in [0.1, 0.15) is 0 Å². The van der Waals surface area contributed by atoms with Crippen LogP contribution in [0.5, 0.6) is 0 Å². The van der Waals surface area contributed by atoms with Gasteiger partial charge in [0.05, 0.1) is 12.0 Å². The summed E-state index contributed by atoms with van der Waals surface area (Å²) in [6.07, 6.45) is 1.08. The number of nitrogens with one attached hydrogen (secondary N) is 2. The number of fused-ring (bicyclic) bond motifs is 2. The quantitative estimate of drug-likeness (QED) is 0.429. The number of nitrogens with zero attached hydrogens (tertiary/aromatic N) is 3. The zero-order valence-electron chi connectivity index (χ0n) is 17.5. The molecule has 1 heterocycles. The van der Waals surface area contributed by atoms with E-state index in [1.54, 1.807) is 19.2 Å². The Labute approximate surface area is 179 Å². The number of H-pyrrole nitrogens is 1. The highest BCUT2D eigenvalue weighted by molar-refractivity contribution is 5.98. The van der Waals surface area contributed by atoms with Gasteiger partial charge in [-0.3, -0.25) is 9.59 Å². The number of rotatable bonds is 6. The lowest BCUT2D eigenvalue weighted by Gasteiger charge is -2.40. The number of tetrazole rings is 1. The van der Waals surface area contributed by atoms with Crippen LogP contribution in [0.3, 0.4) is 0 Å². The van der Waals surface area contributed by atoms with E-state index >= 15 is 0 Å². The van der Waals surface area contributed by atoms with Gasteiger partial charge < -0.3 is 16.8 Å². The van der Waals surface area contributed by atoms with Crippen molar-refractivity contribution in [3.8, 4) is 0 Å². The van der Waals surface area contributed by atoms with E-state index in [-0.39, 0.29) is 24.3 Å². The van der Waals surface area contributed by atoms with Gasteiger partial charge in [0, 0.05) is 24.2 Å². The van der Waals surface area contributed by atoms with Gasteiger partial charge in [-0.25, -0.2) is 0 Å². The average Bonchev–Trinajstić information content (AvgIpc) is 3.32. The van der Waals surface area contributed by atoms with Crippen LogP contribution in [-0.2, 0) is 11.8 Å². The number of carbonyl (C=O) groups is 2. The third-order valence-electron chi connectivity index (χ3n) is 5.86. The van der Waals surface area contributed by atoms with E-state index < -0.39 is 5.41 Å². The maximum Gasteiger partial charge on any atom is 0.251 e. The molecule has 3 aromatic rings. The highest BCUT2D eigenvalue weighted by Gasteiger charge is 2.46. The lowest BCUT2D eigenvalue weighted by Crippen LogP contribution is -2.41. The predicted octanol–water partition coefficient (Wildman–Crippen LogP) is 0.677. The van der Waals surface area contributed by atoms with Crippen LogP contribution >= 0.6 is 0 Å². The number of Topliss-reactive ketones (excluding diaryl/α,β-unsaturated/α-hetero) is 1. The topological polar surface area (TPSA) is 153 Å². The Hall–Kier alpha value is -3.43. The van der Waals surface area contributed by atoms with E-state index in [0.29, 0.717) is 29.8 Å². The summed E-state index contributed by atoms with van der Waals surface area (Å²) in [5.74, 6) is 0.195. The molecule has 1 aliphatic rings. The molecule has 0 saturated heterocycles. The van der Waals surface area contributed by atoms with Crippen molar-refractivity contribution in [3.63, 3.8) is 0 Å². The molecule has 160 valence electrons. The van der Waals surface area contributed by atoms with E-state index in [1.165, 1.54) is 0 Å². The van der Waals surface area contributed by atoms with Crippen LogP contribution in [-0.4, -0.2) is 51.9 Å². The van der Waals surface area contributed by atoms with Crippen LogP contribution in [0.4, 0.5) is 0 Å². The van der Waals surface area contributed by atoms with Crippen molar-refractivity contribution in [2.24, 2.45) is 11.5 Å². The smallest absolute Gasteiger partial charge is 0.251 e. The zero-order chi connectivity index (χ0) is 22.2. The van der Waals surface area contributed by atoms with Crippen molar-refractivity contribution in [3.05, 3.63) is 75.6 Å². The van der Waals surface area contributed by atoms with Crippen LogP contribution in [0, 0.1) is 0 Å². The second-order valence-corrected chi connectivity index (χ2v) is 7.95. The second-order valence-electron chi connectivity index (χ2n) is 7.95. The first-order valence-electron chi connectivity index (χ1n) is 10.1. The lowest BCUT2D eigenvalue weighted by atomic mass is 9.63. The van der Waals surface area contributed by atoms with Crippen LogP contribution in [0.1, 0.15) is 62.1 Å². The van der Waals surface area contributed by atoms with Gasteiger partial charge in [-0.1, -0.05) is 23.4 Å². The van der Waals surface area contributed by atoms with Crippen molar-refractivity contribution in [1.82, 2.24) is 25.9 Å². The number of amides is 1. The van der Waals surface area contributed by atoms with E-state index in [4.69, 9.17) is 11.5 Å². The molecule has 0 bridgehead atoms.